The molecule has 1 aromatic carbocycles. The summed E-state index contributed by atoms with van der Waals surface area (Å²) in [6.07, 6.45) is 4.55. The van der Waals surface area contributed by atoms with Gasteiger partial charge in [0.25, 0.3) is 0 Å². The summed E-state index contributed by atoms with van der Waals surface area (Å²) in [5.74, 6) is 0.448. The number of allylic oxidation sites excluding steroid dienone is 1. The van der Waals surface area contributed by atoms with Crippen LogP contribution in [0.2, 0.25) is 0 Å². The van der Waals surface area contributed by atoms with Crippen LogP contribution in [0.1, 0.15) is 24.5 Å². The molecule has 13 heavy (non-hydrogen) atoms. The van der Waals surface area contributed by atoms with Crippen molar-refractivity contribution in [3.05, 3.63) is 42.0 Å². The monoisotopic (exact) mass is 176 g/mol. The lowest BCUT2D eigenvalue weighted by atomic mass is 10.0. The SMILES string of the molecule is C=CCc1cccc(CCC)c1O. The van der Waals surface area contributed by atoms with Crippen molar-refractivity contribution in [3.63, 3.8) is 0 Å². The number of hydrogen-bond donors (Lipinski definition) is 1. The van der Waals surface area contributed by atoms with Crippen molar-refractivity contribution < 1.29 is 5.11 Å². The number of aryl methyl sites for hydroxylation is 1. The molecule has 0 aromatic heterocycles. The third kappa shape index (κ3) is 2.35. The van der Waals surface area contributed by atoms with E-state index in [1.807, 2.05) is 24.3 Å². The minimum atomic E-state index is 0.448. The maximum atomic E-state index is 9.80. The van der Waals surface area contributed by atoms with Gasteiger partial charge in [-0.2, -0.15) is 0 Å². The Morgan fingerprint density at radius 2 is 2.08 bits per heavy atom. The van der Waals surface area contributed by atoms with Gasteiger partial charge in [0.05, 0.1) is 0 Å². The molecular formula is C12H16O. The van der Waals surface area contributed by atoms with Crippen LogP contribution in [-0.2, 0) is 12.8 Å². The van der Waals surface area contributed by atoms with Crippen LogP contribution in [0.3, 0.4) is 0 Å². The Hall–Kier alpha value is -1.24. The fraction of sp³-hybridized carbons (Fsp3) is 0.333. The van der Waals surface area contributed by atoms with Crippen LogP contribution < -0.4 is 0 Å². The predicted molar refractivity (Wildman–Crippen MR) is 56.0 cm³/mol. The van der Waals surface area contributed by atoms with Gasteiger partial charge in [-0.25, -0.2) is 0 Å². The number of rotatable bonds is 4. The van der Waals surface area contributed by atoms with E-state index in [1.165, 1.54) is 0 Å². The molecule has 1 heteroatoms. The van der Waals surface area contributed by atoms with Gasteiger partial charge in [-0.1, -0.05) is 37.6 Å². The standard InChI is InChI=1S/C12H16O/c1-3-6-10-8-5-9-11(7-4-2)12(10)13/h3,5,8-9,13H,1,4,6-7H2,2H3. The Morgan fingerprint density at radius 1 is 1.38 bits per heavy atom. The zero-order chi connectivity index (χ0) is 9.68. The second-order valence-corrected chi connectivity index (χ2v) is 3.17. The molecule has 1 nitrogen and oxygen atoms in total. The van der Waals surface area contributed by atoms with Gasteiger partial charge in [0.1, 0.15) is 5.75 Å². The number of hydrogen-bond acceptors (Lipinski definition) is 1. The van der Waals surface area contributed by atoms with Gasteiger partial charge in [-0.3, -0.25) is 0 Å². The van der Waals surface area contributed by atoms with E-state index in [0.29, 0.717) is 5.75 Å². The molecule has 0 bridgehead atoms. The van der Waals surface area contributed by atoms with E-state index in [9.17, 15) is 5.11 Å². The third-order valence-electron chi connectivity index (χ3n) is 2.09. The lowest BCUT2D eigenvalue weighted by Gasteiger charge is -2.06. The average molecular weight is 176 g/mol. The van der Waals surface area contributed by atoms with Crippen molar-refractivity contribution in [1.82, 2.24) is 0 Å². The van der Waals surface area contributed by atoms with Crippen LogP contribution in [0, 0.1) is 0 Å². The van der Waals surface area contributed by atoms with E-state index in [2.05, 4.69) is 13.5 Å². The van der Waals surface area contributed by atoms with Crippen LogP contribution >= 0.6 is 0 Å². The predicted octanol–water partition coefficient (Wildman–Crippen LogP) is 3.07. The topological polar surface area (TPSA) is 20.2 Å². The first kappa shape index (κ1) is 9.85. The Kier molecular flexibility index (Phi) is 3.56. The van der Waals surface area contributed by atoms with E-state index in [1.54, 1.807) is 0 Å². The normalized spacial score (nSPS) is 9.92. The molecule has 0 saturated carbocycles. The maximum Gasteiger partial charge on any atom is 0.122 e. The summed E-state index contributed by atoms with van der Waals surface area (Å²) < 4.78 is 0. The lowest BCUT2D eigenvalue weighted by molar-refractivity contribution is 0.462. The third-order valence-corrected chi connectivity index (χ3v) is 2.09. The molecule has 0 radical (unpaired) electrons. The van der Waals surface area contributed by atoms with Crippen LogP contribution in [0.5, 0.6) is 5.75 Å². The van der Waals surface area contributed by atoms with Crippen molar-refractivity contribution in [2.45, 2.75) is 26.2 Å². The molecule has 0 amide bonds. The van der Waals surface area contributed by atoms with Crippen LogP contribution in [0.25, 0.3) is 0 Å². The summed E-state index contributed by atoms with van der Waals surface area (Å²) in [5, 5.41) is 9.80. The van der Waals surface area contributed by atoms with Gasteiger partial charge in [-0.05, 0) is 24.0 Å². The minimum Gasteiger partial charge on any atom is -0.507 e. The van der Waals surface area contributed by atoms with Crippen LogP contribution in [0.4, 0.5) is 0 Å². The van der Waals surface area contributed by atoms with E-state index in [-0.39, 0.29) is 0 Å². The van der Waals surface area contributed by atoms with Crippen LogP contribution in [0.15, 0.2) is 30.9 Å². The van der Waals surface area contributed by atoms with Gasteiger partial charge in [-0.15, -0.1) is 6.58 Å². The molecule has 0 unspecified atom stereocenters. The highest BCUT2D eigenvalue weighted by Gasteiger charge is 2.03. The quantitative estimate of drug-likeness (QED) is 0.699. The van der Waals surface area contributed by atoms with E-state index < -0.39 is 0 Å². The van der Waals surface area contributed by atoms with Gasteiger partial charge in [0.2, 0.25) is 0 Å². The Balaban J connectivity index is 2.95. The maximum absolute atomic E-state index is 9.80. The molecule has 0 heterocycles. The Bertz CT molecular complexity index is 289. The molecule has 0 saturated heterocycles. The molecule has 1 aromatic rings. The van der Waals surface area contributed by atoms with Crippen molar-refractivity contribution in [1.29, 1.82) is 0 Å². The van der Waals surface area contributed by atoms with Crippen molar-refractivity contribution in [2.24, 2.45) is 0 Å². The highest BCUT2D eigenvalue weighted by atomic mass is 16.3. The minimum absolute atomic E-state index is 0.448. The fourth-order valence-corrected chi connectivity index (χ4v) is 1.44. The molecule has 0 atom stereocenters. The summed E-state index contributed by atoms with van der Waals surface area (Å²) in [7, 11) is 0. The van der Waals surface area contributed by atoms with E-state index in [4.69, 9.17) is 0 Å². The molecular weight excluding hydrogens is 160 g/mol. The molecule has 70 valence electrons. The Labute approximate surface area is 79.7 Å². The summed E-state index contributed by atoms with van der Waals surface area (Å²) in [6, 6.07) is 5.91. The van der Waals surface area contributed by atoms with Gasteiger partial charge < -0.3 is 5.11 Å². The highest BCUT2D eigenvalue weighted by Crippen LogP contribution is 2.24. The van der Waals surface area contributed by atoms with Crippen LogP contribution in [-0.4, -0.2) is 5.11 Å². The molecule has 1 rings (SSSR count). The smallest absolute Gasteiger partial charge is 0.122 e. The fourth-order valence-electron chi connectivity index (χ4n) is 1.44. The number of phenolic OH excluding ortho intramolecular Hbond substituents is 1. The summed E-state index contributed by atoms with van der Waals surface area (Å²) >= 11 is 0. The van der Waals surface area contributed by atoms with Crippen molar-refractivity contribution in [3.8, 4) is 5.75 Å². The molecule has 0 spiro atoms. The molecule has 0 aliphatic carbocycles. The highest BCUT2D eigenvalue weighted by molar-refractivity contribution is 5.41. The number of benzene rings is 1. The molecule has 0 aliphatic rings. The molecule has 0 aliphatic heterocycles. The first-order valence-electron chi connectivity index (χ1n) is 4.70. The van der Waals surface area contributed by atoms with Crippen molar-refractivity contribution in [2.75, 3.05) is 0 Å². The second kappa shape index (κ2) is 4.70. The first-order valence-corrected chi connectivity index (χ1v) is 4.70. The number of phenols is 1. The van der Waals surface area contributed by atoms with Gasteiger partial charge in [0.15, 0.2) is 0 Å². The van der Waals surface area contributed by atoms with Gasteiger partial charge >= 0.3 is 0 Å². The van der Waals surface area contributed by atoms with E-state index >= 15 is 0 Å². The average Bonchev–Trinajstić information content (AvgIpc) is 2.13. The largest absolute Gasteiger partial charge is 0.507 e. The van der Waals surface area contributed by atoms with Crippen molar-refractivity contribution >= 4 is 0 Å². The van der Waals surface area contributed by atoms with Gasteiger partial charge in [0, 0.05) is 0 Å². The second-order valence-electron chi connectivity index (χ2n) is 3.17. The van der Waals surface area contributed by atoms with E-state index in [0.717, 1.165) is 30.4 Å². The molecule has 1 N–H and O–H groups in total. The zero-order valence-electron chi connectivity index (χ0n) is 8.09. The number of aromatic hydroxyl groups is 1. The molecule has 0 fully saturated rings. The summed E-state index contributed by atoms with van der Waals surface area (Å²) in [5.41, 5.74) is 2.02. The zero-order valence-corrected chi connectivity index (χ0v) is 8.09. The number of para-hydroxylation sites is 1. The Morgan fingerprint density at radius 3 is 2.69 bits per heavy atom. The lowest BCUT2D eigenvalue weighted by Crippen LogP contribution is -1.89. The summed E-state index contributed by atoms with van der Waals surface area (Å²) in [4.78, 5) is 0. The summed E-state index contributed by atoms with van der Waals surface area (Å²) in [6.45, 7) is 5.77. The first-order chi connectivity index (χ1) is 6.29.